The first-order valence-electron chi connectivity index (χ1n) is 8.28. The molecule has 1 aliphatic rings. The second-order valence-corrected chi connectivity index (χ2v) is 6.15. The van der Waals surface area contributed by atoms with E-state index in [1.165, 1.54) is 17.7 Å². The topological polar surface area (TPSA) is 35.9 Å². The van der Waals surface area contributed by atoms with E-state index < -0.39 is 17.4 Å². The van der Waals surface area contributed by atoms with Crippen molar-refractivity contribution in [2.75, 3.05) is 31.1 Å². The van der Waals surface area contributed by atoms with Crippen LogP contribution in [0.25, 0.3) is 0 Å². The molecule has 0 N–H and O–H groups in total. The number of rotatable bonds is 4. The van der Waals surface area contributed by atoms with Crippen molar-refractivity contribution < 1.29 is 18.0 Å². The molecule has 0 aromatic heterocycles. The lowest BCUT2D eigenvalue weighted by molar-refractivity contribution is -0.137. The Labute approximate surface area is 149 Å². The number of piperazine rings is 1. The van der Waals surface area contributed by atoms with Crippen molar-refractivity contribution >= 4 is 17.5 Å². The summed E-state index contributed by atoms with van der Waals surface area (Å²) in [4.78, 5) is 17.7. The second kappa shape index (κ2) is 7.72. The molecule has 0 amide bonds. The van der Waals surface area contributed by atoms with Crippen LogP contribution in [-0.4, -0.2) is 37.2 Å². The number of carbonyl (C=O) groups excluding carboxylic acids is 1. The molecule has 0 atom stereocenters. The first-order chi connectivity index (χ1) is 12.5. The van der Waals surface area contributed by atoms with E-state index in [1.54, 1.807) is 6.07 Å². The molecule has 0 unspecified atom stereocenters. The van der Waals surface area contributed by atoms with E-state index in [2.05, 4.69) is 22.0 Å². The molecule has 4 nitrogen and oxygen atoms in total. The van der Waals surface area contributed by atoms with Crippen LogP contribution in [0.5, 0.6) is 0 Å². The van der Waals surface area contributed by atoms with Crippen LogP contribution in [0.15, 0.2) is 53.5 Å². The quantitative estimate of drug-likeness (QED) is 0.610. The van der Waals surface area contributed by atoms with Gasteiger partial charge in [0.25, 0.3) is 0 Å². The lowest BCUT2D eigenvalue weighted by atomic mass is 10.1. The lowest BCUT2D eigenvalue weighted by Crippen LogP contribution is -2.46. The van der Waals surface area contributed by atoms with Gasteiger partial charge in [-0.2, -0.15) is 18.2 Å². The van der Waals surface area contributed by atoms with Gasteiger partial charge < -0.3 is 4.90 Å². The summed E-state index contributed by atoms with van der Waals surface area (Å²) in [6.45, 7) is 3.64. The van der Waals surface area contributed by atoms with E-state index >= 15 is 0 Å². The third kappa shape index (κ3) is 4.31. The molecular weight excluding hydrogens is 343 g/mol. The molecule has 2 aromatic carbocycles. The highest BCUT2D eigenvalue weighted by atomic mass is 19.4. The van der Waals surface area contributed by atoms with Crippen molar-refractivity contribution in [2.24, 2.45) is 4.99 Å². The van der Waals surface area contributed by atoms with Gasteiger partial charge in [0.1, 0.15) is 0 Å². The molecule has 2 aromatic rings. The zero-order chi connectivity index (χ0) is 18.6. The summed E-state index contributed by atoms with van der Waals surface area (Å²) >= 11 is 0. The Hall–Kier alpha value is -2.63. The Kier molecular flexibility index (Phi) is 5.40. The van der Waals surface area contributed by atoms with Crippen LogP contribution in [-0.2, 0) is 17.5 Å². The van der Waals surface area contributed by atoms with E-state index in [1.807, 2.05) is 23.1 Å². The van der Waals surface area contributed by atoms with E-state index in [-0.39, 0.29) is 0 Å². The zero-order valence-corrected chi connectivity index (χ0v) is 14.0. The van der Waals surface area contributed by atoms with Gasteiger partial charge in [-0.05, 0) is 23.8 Å². The van der Waals surface area contributed by atoms with E-state index in [4.69, 9.17) is 0 Å². The molecule has 1 heterocycles. The van der Waals surface area contributed by atoms with Gasteiger partial charge in [0.2, 0.25) is 6.08 Å². The molecule has 26 heavy (non-hydrogen) atoms. The number of isocyanates is 1. The van der Waals surface area contributed by atoms with Crippen LogP contribution in [0, 0.1) is 0 Å². The van der Waals surface area contributed by atoms with Crippen LogP contribution in [0.1, 0.15) is 11.1 Å². The average Bonchev–Trinajstić information content (AvgIpc) is 2.63. The number of hydrogen-bond acceptors (Lipinski definition) is 4. The van der Waals surface area contributed by atoms with Crippen molar-refractivity contribution in [3.8, 4) is 0 Å². The summed E-state index contributed by atoms with van der Waals surface area (Å²) in [5.74, 6) is 0. The molecule has 0 radical (unpaired) electrons. The van der Waals surface area contributed by atoms with E-state index in [0.29, 0.717) is 18.8 Å². The third-order valence-electron chi connectivity index (χ3n) is 4.44. The highest BCUT2D eigenvalue weighted by molar-refractivity contribution is 5.62. The molecule has 3 rings (SSSR count). The van der Waals surface area contributed by atoms with Crippen LogP contribution >= 0.6 is 0 Å². The Bertz CT molecular complexity index is 793. The first-order valence-corrected chi connectivity index (χ1v) is 8.28. The second-order valence-electron chi connectivity index (χ2n) is 6.15. The summed E-state index contributed by atoms with van der Waals surface area (Å²) in [5.41, 5.74) is 0.391. The van der Waals surface area contributed by atoms with Gasteiger partial charge >= 0.3 is 6.18 Å². The van der Waals surface area contributed by atoms with Crippen molar-refractivity contribution in [2.45, 2.75) is 12.7 Å². The van der Waals surface area contributed by atoms with Gasteiger partial charge in [0, 0.05) is 38.4 Å². The molecule has 1 aliphatic heterocycles. The Morgan fingerprint density at radius 2 is 1.69 bits per heavy atom. The summed E-state index contributed by atoms with van der Waals surface area (Å²) < 4.78 is 39.6. The molecule has 7 heteroatoms. The Morgan fingerprint density at radius 3 is 2.31 bits per heavy atom. The highest BCUT2D eigenvalue weighted by Gasteiger charge is 2.34. The fourth-order valence-corrected chi connectivity index (χ4v) is 3.10. The van der Waals surface area contributed by atoms with E-state index in [0.717, 1.165) is 25.7 Å². The highest BCUT2D eigenvalue weighted by Crippen LogP contribution is 2.38. The number of anilines is 1. The summed E-state index contributed by atoms with van der Waals surface area (Å²) in [5, 5.41) is 0. The average molecular weight is 361 g/mol. The van der Waals surface area contributed by atoms with Crippen LogP contribution in [0.2, 0.25) is 0 Å². The number of aliphatic imine (C=N–C) groups is 1. The van der Waals surface area contributed by atoms with Gasteiger partial charge in [-0.15, -0.1) is 0 Å². The van der Waals surface area contributed by atoms with Gasteiger partial charge in [0.15, 0.2) is 0 Å². The third-order valence-corrected chi connectivity index (χ3v) is 4.44. The zero-order valence-electron chi connectivity index (χ0n) is 14.0. The molecule has 136 valence electrons. The fourth-order valence-electron chi connectivity index (χ4n) is 3.10. The molecular formula is C19H18F3N3O. The van der Waals surface area contributed by atoms with Gasteiger partial charge in [-0.3, -0.25) is 4.90 Å². The van der Waals surface area contributed by atoms with Gasteiger partial charge in [-0.1, -0.05) is 30.3 Å². The van der Waals surface area contributed by atoms with Crippen molar-refractivity contribution in [3.05, 3.63) is 59.7 Å². The Morgan fingerprint density at radius 1 is 1.00 bits per heavy atom. The first kappa shape index (κ1) is 18.2. The SMILES string of the molecule is O=C=Nc1ccc(N2CCN(Cc3ccccc3)CC2)cc1C(F)(F)F. The molecule has 0 saturated carbocycles. The molecule has 0 aliphatic carbocycles. The molecule has 0 bridgehead atoms. The Balaban J connectivity index is 1.70. The summed E-state index contributed by atoms with van der Waals surface area (Å²) in [6, 6.07) is 13.9. The summed E-state index contributed by atoms with van der Waals surface area (Å²) in [6.07, 6.45) is -3.39. The van der Waals surface area contributed by atoms with Crippen molar-refractivity contribution in [1.29, 1.82) is 0 Å². The molecule has 1 saturated heterocycles. The minimum Gasteiger partial charge on any atom is -0.369 e. The van der Waals surface area contributed by atoms with Gasteiger partial charge in [0.05, 0.1) is 11.3 Å². The summed E-state index contributed by atoms with van der Waals surface area (Å²) in [7, 11) is 0. The van der Waals surface area contributed by atoms with Crippen molar-refractivity contribution in [3.63, 3.8) is 0 Å². The maximum absolute atomic E-state index is 13.2. The predicted molar refractivity (Wildman–Crippen MR) is 93.2 cm³/mol. The van der Waals surface area contributed by atoms with Crippen LogP contribution in [0.3, 0.4) is 0 Å². The maximum atomic E-state index is 13.2. The monoisotopic (exact) mass is 361 g/mol. The molecule has 1 fully saturated rings. The lowest BCUT2D eigenvalue weighted by Gasteiger charge is -2.36. The number of alkyl halides is 3. The number of benzene rings is 2. The standard InChI is InChI=1S/C19H18F3N3O/c20-19(21,22)17-12-16(6-7-18(17)23-14-26)25-10-8-24(9-11-25)13-15-4-2-1-3-5-15/h1-7,12H,8-11,13H2. The number of nitrogens with zero attached hydrogens (tertiary/aromatic N) is 3. The van der Waals surface area contributed by atoms with Crippen LogP contribution < -0.4 is 4.90 Å². The minimum atomic E-state index is -4.57. The fraction of sp³-hybridized carbons (Fsp3) is 0.316. The predicted octanol–water partition coefficient (Wildman–Crippen LogP) is 3.99. The van der Waals surface area contributed by atoms with E-state index in [9.17, 15) is 18.0 Å². The molecule has 0 spiro atoms. The van der Waals surface area contributed by atoms with Crippen LogP contribution in [0.4, 0.5) is 24.5 Å². The number of hydrogen-bond donors (Lipinski definition) is 0. The minimum absolute atomic E-state index is 0.404. The largest absolute Gasteiger partial charge is 0.418 e. The van der Waals surface area contributed by atoms with Crippen molar-refractivity contribution in [1.82, 2.24) is 4.90 Å². The number of halogens is 3. The smallest absolute Gasteiger partial charge is 0.369 e. The maximum Gasteiger partial charge on any atom is 0.418 e. The van der Waals surface area contributed by atoms with Gasteiger partial charge in [-0.25, -0.2) is 4.79 Å². The normalized spacial score (nSPS) is 15.6.